The first-order chi connectivity index (χ1) is 14.9. The van der Waals surface area contributed by atoms with Crippen molar-refractivity contribution < 1.29 is 33.4 Å². The molecule has 0 radical (unpaired) electrons. The fraction of sp³-hybridized carbons (Fsp3) is 0.227. The van der Waals surface area contributed by atoms with Gasteiger partial charge in [0.05, 0.1) is 6.61 Å². The van der Waals surface area contributed by atoms with Crippen molar-refractivity contribution in [2.45, 2.75) is 19.1 Å². The van der Waals surface area contributed by atoms with Gasteiger partial charge >= 0.3 is 6.09 Å². The van der Waals surface area contributed by atoms with Gasteiger partial charge in [0.25, 0.3) is 0 Å². The zero-order chi connectivity index (χ0) is 22.4. The number of ketones is 2. The molecule has 1 aliphatic carbocycles. The Kier molecular flexibility index (Phi) is 7.28. The van der Waals surface area contributed by atoms with E-state index in [1.807, 2.05) is 0 Å². The highest BCUT2D eigenvalue weighted by Gasteiger charge is 2.57. The summed E-state index contributed by atoms with van der Waals surface area (Å²) in [5, 5.41) is 1.27. The van der Waals surface area contributed by atoms with E-state index in [0.717, 1.165) is 5.06 Å². The van der Waals surface area contributed by atoms with Crippen LogP contribution in [0.15, 0.2) is 61.2 Å². The summed E-state index contributed by atoms with van der Waals surface area (Å²) in [5.41, 5.74) is 0. The summed E-state index contributed by atoms with van der Waals surface area (Å²) in [6.45, 7) is 5.10. The Balaban J connectivity index is 1.69. The summed E-state index contributed by atoms with van der Waals surface area (Å²) in [7, 11) is 0. The molecule has 2 aromatic carbocycles. The Morgan fingerprint density at radius 1 is 1.10 bits per heavy atom. The molecule has 31 heavy (non-hydrogen) atoms. The topological polar surface area (TPSA) is 91.4 Å². The van der Waals surface area contributed by atoms with E-state index in [2.05, 4.69) is 6.58 Å². The number of nitrogens with zero attached hydrogens (tertiary/aromatic N) is 1. The highest BCUT2D eigenvalue weighted by Crippen LogP contribution is 2.29. The first kappa shape index (κ1) is 22.3. The molecule has 0 saturated heterocycles. The van der Waals surface area contributed by atoms with Crippen molar-refractivity contribution in [3.05, 3.63) is 66.2 Å². The smallest absolute Gasteiger partial charge is 0.435 e. The SMILES string of the molecule is C=CCOC(=O)N(OCC)C1C(=O)C(=O)C1Oc1ccc(Oc2cccc(Cl)c2)cc1. The zero-order valence-electron chi connectivity index (χ0n) is 16.7. The van der Waals surface area contributed by atoms with Gasteiger partial charge in [0.15, 0.2) is 12.1 Å². The van der Waals surface area contributed by atoms with Crippen LogP contribution in [-0.2, 0) is 19.2 Å². The van der Waals surface area contributed by atoms with E-state index >= 15 is 0 Å². The number of Topliss-reactive ketones (excluding diaryl/α,β-unsaturated/α-hetero) is 2. The molecule has 8 nitrogen and oxygen atoms in total. The summed E-state index contributed by atoms with van der Waals surface area (Å²) in [6, 6.07) is 12.1. The molecule has 3 rings (SSSR count). The number of hydrogen-bond acceptors (Lipinski definition) is 7. The highest BCUT2D eigenvalue weighted by molar-refractivity contribution is 6.48. The Bertz CT molecular complexity index is 976. The van der Waals surface area contributed by atoms with E-state index in [-0.39, 0.29) is 13.2 Å². The maximum absolute atomic E-state index is 12.2. The van der Waals surface area contributed by atoms with Gasteiger partial charge in [-0.15, -0.1) is 0 Å². The van der Waals surface area contributed by atoms with Gasteiger partial charge in [0, 0.05) is 5.02 Å². The predicted molar refractivity (Wildman–Crippen MR) is 111 cm³/mol. The van der Waals surface area contributed by atoms with Crippen LogP contribution in [0.1, 0.15) is 6.92 Å². The molecule has 1 aliphatic rings. The Morgan fingerprint density at radius 2 is 1.81 bits per heavy atom. The fourth-order valence-corrected chi connectivity index (χ4v) is 2.98. The van der Waals surface area contributed by atoms with E-state index in [9.17, 15) is 14.4 Å². The van der Waals surface area contributed by atoms with Crippen molar-refractivity contribution in [2.24, 2.45) is 0 Å². The molecule has 0 bridgehead atoms. The lowest BCUT2D eigenvalue weighted by Crippen LogP contribution is -2.68. The van der Waals surface area contributed by atoms with E-state index in [1.54, 1.807) is 55.5 Å². The first-order valence-corrected chi connectivity index (χ1v) is 9.80. The molecule has 2 unspecified atom stereocenters. The normalized spacial score (nSPS) is 17.5. The summed E-state index contributed by atoms with van der Waals surface area (Å²) in [5.74, 6) is -0.164. The van der Waals surface area contributed by atoms with Crippen LogP contribution in [-0.4, -0.2) is 48.1 Å². The lowest BCUT2D eigenvalue weighted by Gasteiger charge is -2.38. The number of carbonyl (C=O) groups excluding carboxylic acids is 3. The third-order valence-electron chi connectivity index (χ3n) is 4.20. The van der Waals surface area contributed by atoms with Gasteiger partial charge in [-0.1, -0.05) is 30.3 Å². The van der Waals surface area contributed by atoms with E-state index in [4.69, 9.17) is 30.6 Å². The third kappa shape index (κ3) is 5.22. The summed E-state index contributed by atoms with van der Waals surface area (Å²) in [6.07, 6.45) is -0.752. The Labute approximate surface area is 183 Å². The number of amides is 1. The molecular weight excluding hydrogens is 426 g/mol. The molecule has 1 fully saturated rings. The largest absolute Gasteiger partial charge is 0.479 e. The van der Waals surface area contributed by atoms with Gasteiger partial charge in [-0.3, -0.25) is 14.4 Å². The van der Waals surface area contributed by atoms with Gasteiger partial charge in [0.2, 0.25) is 11.6 Å². The van der Waals surface area contributed by atoms with Crippen molar-refractivity contribution in [1.82, 2.24) is 5.06 Å². The van der Waals surface area contributed by atoms with Crippen molar-refractivity contribution >= 4 is 29.3 Å². The lowest BCUT2D eigenvalue weighted by molar-refractivity contribution is -0.197. The maximum Gasteiger partial charge on any atom is 0.435 e. The van der Waals surface area contributed by atoms with Crippen LogP contribution < -0.4 is 9.47 Å². The van der Waals surface area contributed by atoms with Crippen molar-refractivity contribution in [1.29, 1.82) is 0 Å². The molecule has 1 amide bonds. The molecule has 0 heterocycles. The minimum Gasteiger partial charge on any atom is -0.479 e. The molecule has 0 spiro atoms. The molecule has 162 valence electrons. The molecule has 0 N–H and O–H groups in total. The standard InChI is InChI=1S/C22H20ClNO7/c1-3-12-28-22(27)24(29-4-2)18-19(25)20(26)21(18)31-16-10-8-15(9-11-16)30-17-7-5-6-14(23)13-17/h3,5-11,13,18,21H,1,4,12H2,2H3. The number of hydroxylamine groups is 2. The number of ether oxygens (including phenoxy) is 3. The van der Waals surface area contributed by atoms with Crippen LogP contribution in [0.5, 0.6) is 17.2 Å². The highest BCUT2D eigenvalue weighted by atomic mass is 35.5. The second-order valence-electron chi connectivity index (χ2n) is 6.35. The summed E-state index contributed by atoms with van der Waals surface area (Å²) < 4.78 is 16.3. The molecule has 1 saturated carbocycles. The third-order valence-corrected chi connectivity index (χ3v) is 4.44. The van der Waals surface area contributed by atoms with Gasteiger partial charge in [-0.25, -0.2) is 4.79 Å². The van der Waals surface area contributed by atoms with E-state index in [1.165, 1.54) is 6.08 Å². The molecule has 9 heteroatoms. The van der Waals surface area contributed by atoms with Gasteiger partial charge in [-0.2, -0.15) is 5.06 Å². The van der Waals surface area contributed by atoms with Crippen LogP contribution in [0.2, 0.25) is 5.02 Å². The second-order valence-corrected chi connectivity index (χ2v) is 6.79. The van der Waals surface area contributed by atoms with Crippen LogP contribution in [0.4, 0.5) is 4.79 Å². The monoisotopic (exact) mass is 445 g/mol. The van der Waals surface area contributed by atoms with Crippen LogP contribution in [0.25, 0.3) is 0 Å². The summed E-state index contributed by atoms with van der Waals surface area (Å²) >= 11 is 5.94. The predicted octanol–water partition coefficient (Wildman–Crippen LogP) is 3.98. The first-order valence-electron chi connectivity index (χ1n) is 9.42. The van der Waals surface area contributed by atoms with Crippen molar-refractivity contribution in [2.75, 3.05) is 13.2 Å². The van der Waals surface area contributed by atoms with Crippen LogP contribution >= 0.6 is 11.6 Å². The average molecular weight is 446 g/mol. The molecular formula is C22H20ClNO7. The van der Waals surface area contributed by atoms with Gasteiger partial charge in [0.1, 0.15) is 23.9 Å². The minimum atomic E-state index is -1.24. The number of hydrogen-bond donors (Lipinski definition) is 0. The Morgan fingerprint density at radius 3 is 2.45 bits per heavy atom. The summed E-state index contributed by atoms with van der Waals surface area (Å²) in [4.78, 5) is 41.7. The molecule has 2 aromatic rings. The second kappa shape index (κ2) is 10.1. The zero-order valence-corrected chi connectivity index (χ0v) is 17.4. The number of rotatable bonds is 9. The molecule has 0 aromatic heterocycles. The maximum atomic E-state index is 12.2. The quantitative estimate of drug-likeness (QED) is 0.327. The van der Waals surface area contributed by atoms with Gasteiger partial charge in [-0.05, 0) is 49.4 Å². The number of halogens is 1. The van der Waals surface area contributed by atoms with Crippen LogP contribution in [0, 0.1) is 0 Å². The lowest BCUT2D eigenvalue weighted by atomic mass is 9.85. The van der Waals surface area contributed by atoms with E-state index < -0.39 is 29.8 Å². The van der Waals surface area contributed by atoms with Gasteiger partial charge < -0.3 is 14.2 Å². The number of carbonyl (C=O) groups is 3. The number of benzene rings is 2. The van der Waals surface area contributed by atoms with Crippen molar-refractivity contribution in [3.63, 3.8) is 0 Å². The van der Waals surface area contributed by atoms with Crippen molar-refractivity contribution in [3.8, 4) is 17.2 Å². The minimum absolute atomic E-state index is 0.0725. The molecule has 0 aliphatic heterocycles. The Hall–Kier alpha value is -3.36. The molecule has 2 atom stereocenters. The van der Waals surface area contributed by atoms with E-state index in [0.29, 0.717) is 22.3 Å². The van der Waals surface area contributed by atoms with Crippen LogP contribution in [0.3, 0.4) is 0 Å². The fourth-order valence-electron chi connectivity index (χ4n) is 2.80. The average Bonchev–Trinajstić information content (AvgIpc) is 2.77.